The first kappa shape index (κ1) is 15.6. The molecule has 2 rings (SSSR count). The smallest absolute Gasteiger partial charge is 0.176 e. The molecule has 0 aliphatic heterocycles. The van der Waals surface area contributed by atoms with Gasteiger partial charge in [0.1, 0.15) is 11.5 Å². The monoisotopic (exact) mass is 289 g/mol. The highest BCUT2D eigenvalue weighted by molar-refractivity contribution is 6.06. The number of carbonyl (C=O) groups excluding carboxylic acids is 1. The summed E-state index contributed by atoms with van der Waals surface area (Å²) < 4.78 is 10.6. The van der Waals surface area contributed by atoms with Crippen molar-refractivity contribution < 1.29 is 14.3 Å². The third-order valence-electron chi connectivity index (χ3n) is 4.07. The number of carbonyl (C=O) groups is 1. The topological polar surface area (TPSA) is 38.8 Å². The third kappa shape index (κ3) is 3.10. The van der Waals surface area contributed by atoms with Gasteiger partial charge in [0.15, 0.2) is 5.78 Å². The van der Waals surface area contributed by atoms with Gasteiger partial charge in [0, 0.05) is 17.2 Å². The zero-order valence-electron chi connectivity index (χ0n) is 13.3. The summed E-state index contributed by atoms with van der Waals surface area (Å²) in [6.07, 6.45) is 2.82. The molecule has 0 saturated heterocycles. The quantitative estimate of drug-likeness (QED) is 0.799. The predicted octanol–water partition coefficient (Wildman–Crippen LogP) is 2.63. The van der Waals surface area contributed by atoms with Crippen molar-refractivity contribution in [2.24, 2.45) is 5.92 Å². The molecule has 0 amide bonds. The van der Waals surface area contributed by atoms with E-state index in [4.69, 9.17) is 9.47 Å². The van der Waals surface area contributed by atoms with Crippen LogP contribution in [-0.4, -0.2) is 45.0 Å². The fraction of sp³-hybridized carbons (Fsp3) is 0.471. The molecule has 1 saturated carbocycles. The minimum Gasteiger partial charge on any atom is -0.497 e. The summed E-state index contributed by atoms with van der Waals surface area (Å²) in [5.41, 5.74) is 1.78. The molecule has 1 aromatic rings. The van der Waals surface area contributed by atoms with Crippen molar-refractivity contribution in [2.45, 2.75) is 19.4 Å². The molecule has 1 fully saturated rings. The van der Waals surface area contributed by atoms with Crippen LogP contribution in [0.15, 0.2) is 23.8 Å². The Hall–Kier alpha value is -1.81. The third-order valence-corrected chi connectivity index (χ3v) is 4.07. The molecule has 1 aliphatic carbocycles. The summed E-state index contributed by atoms with van der Waals surface area (Å²) in [5.74, 6) is 1.93. The van der Waals surface area contributed by atoms with Gasteiger partial charge in [-0.3, -0.25) is 9.69 Å². The van der Waals surface area contributed by atoms with Gasteiger partial charge >= 0.3 is 0 Å². The lowest BCUT2D eigenvalue weighted by atomic mass is 10.0. The van der Waals surface area contributed by atoms with E-state index in [-0.39, 0.29) is 17.7 Å². The van der Waals surface area contributed by atoms with E-state index < -0.39 is 0 Å². The molecule has 1 aromatic carbocycles. The average Bonchev–Trinajstić information content (AvgIpc) is 2.75. The largest absolute Gasteiger partial charge is 0.497 e. The lowest BCUT2D eigenvalue weighted by molar-refractivity contribution is -0.118. The highest BCUT2D eigenvalue weighted by atomic mass is 16.5. The van der Waals surface area contributed by atoms with Gasteiger partial charge in [0.2, 0.25) is 0 Å². The van der Waals surface area contributed by atoms with E-state index in [1.165, 1.54) is 0 Å². The van der Waals surface area contributed by atoms with Crippen LogP contribution >= 0.6 is 0 Å². The number of benzene rings is 1. The fourth-order valence-corrected chi connectivity index (χ4v) is 2.77. The summed E-state index contributed by atoms with van der Waals surface area (Å²) in [4.78, 5) is 14.5. The van der Waals surface area contributed by atoms with E-state index in [1.54, 1.807) is 14.2 Å². The number of likely N-dealkylation sites (N-methyl/N-ethyl adjacent to an activating group) is 1. The van der Waals surface area contributed by atoms with Crippen molar-refractivity contribution in [2.75, 3.05) is 28.3 Å². The van der Waals surface area contributed by atoms with Crippen LogP contribution < -0.4 is 9.47 Å². The first-order chi connectivity index (χ1) is 9.97. The van der Waals surface area contributed by atoms with Crippen LogP contribution in [0.5, 0.6) is 11.5 Å². The summed E-state index contributed by atoms with van der Waals surface area (Å²) in [6.45, 7) is 2.10. The summed E-state index contributed by atoms with van der Waals surface area (Å²) in [6, 6.07) is 5.62. The van der Waals surface area contributed by atoms with Gasteiger partial charge in [-0.2, -0.15) is 0 Å². The number of rotatable bonds is 4. The molecular weight excluding hydrogens is 266 g/mol. The van der Waals surface area contributed by atoms with Gasteiger partial charge in [-0.25, -0.2) is 0 Å². The second-order valence-corrected chi connectivity index (χ2v) is 5.69. The fourth-order valence-electron chi connectivity index (χ4n) is 2.77. The number of ketones is 1. The van der Waals surface area contributed by atoms with Gasteiger partial charge < -0.3 is 9.47 Å². The number of ether oxygens (including phenoxy) is 2. The first-order valence-corrected chi connectivity index (χ1v) is 7.12. The molecule has 2 atom stereocenters. The van der Waals surface area contributed by atoms with Crippen molar-refractivity contribution in [3.05, 3.63) is 29.3 Å². The summed E-state index contributed by atoms with van der Waals surface area (Å²) in [7, 11) is 7.15. The molecule has 0 aromatic heterocycles. The molecule has 1 aliphatic rings. The van der Waals surface area contributed by atoms with E-state index in [0.29, 0.717) is 0 Å². The highest BCUT2D eigenvalue weighted by Crippen LogP contribution is 2.34. The average molecular weight is 289 g/mol. The van der Waals surface area contributed by atoms with Crippen molar-refractivity contribution in [3.63, 3.8) is 0 Å². The molecule has 0 bridgehead atoms. The Bertz CT molecular complexity index is 563. The maximum Gasteiger partial charge on any atom is 0.176 e. The lowest BCUT2D eigenvalue weighted by Crippen LogP contribution is -2.31. The molecule has 0 N–H and O–H groups in total. The van der Waals surface area contributed by atoms with Crippen LogP contribution in [0.25, 0.3) is 6.08 Å². The summed E-state index contributed by atoms with van der Waals surface area (Å²) >= 11 is 0. The molecule has 2 unspecified atom stereocenters. The molecule has 4 nitrogen and oxygen atoms in total. The van der Waals surface area contributed by atoms with Crippen molar-refractivity contribution in [3.8, 4) is 11.5 Å². The van der Waals surface area contributed by atoms with Gasteiger partial charge in [-0.15, -0.1) is 0 Å². The van der Waals surface area contributed by atoms with E-state index in [0.717, 1.165) is 29.1 Å². The Kier molecular flexibility index (Phi) is 4.68. The zero-order valence-corrected chi connectivity index (χ0v) is 13.3. The van der Waals surface area contributed by atoms with Crippen LogP contribution in [0.2, 0.25) is 0 Å². The van der Waals surface area contributed by atoms with Crippen LogP contribution in [0.1, 0.15) is 18.9 Å². The maximum atomic E-state index is 12.5. The Labute approximate surface area is 126 Å². The molecule has 0 spiro atoms. The zero-order chi connectivity index (χ0) is 15.6. The molecule has 4 heteroatoms. The number of methoxy groups -OCH3 is 2. The van der Waals surface area contributed by atoms with Gasteiger partial charge in [-0.1, -0.05) is 6.92 Å². The van der Waals surface area contributed by atoms with E-state index in [9.17, 15) is 4.79 Å². The van der Waals surface area contributed by atoms with Gasteiger partial charge in [0.05, 0.1) is 20.3 Å². The van der Waals surface area contributed by atoms with E-state index >= 15 is 0 Å². The number of hydrogen-bond donors (Lipinski definition) is 0. The molecule has 114 valence electrons. The van der Waals surface area contributed by atoms with Gasteiger partial charge in [0.25, 0.3) is 0 Å². The van der Waals surface area contributed by atoms with Crippen LogP contribution in [0.3, 0.4) is 0 Å². The number of Topliss-reactive ketones (excluding diaryl/α,β-unsaturated/α-hetero) is 1. The maximum absolute atomic E-state index is 12.5. The lowest BCUT2D eigenvalue weighted by Gasteiger charge is -2.16. The van der Waals surface area contributed by atoms with E-state index in [2.05, 4.69) is 6.92 Å². The predicted molar refractivity (Wildman–Crippen MR) is 83.8 cm³/mol. The second-order valence-electron chi connectivity index (χ2n) is 5.69. The van der Waals surface area contributed by atoms with Crippen LogP contribution in [-0.2, 0) is 4.79 Å². The summed E-state index contributed by atoms with van der Waals surface area (Å²) in [5, 5.41) is 0. The Morgan fingerprint density at radius 2 is 1.95 bits per heavy atom. The molecule has 21 heavy (non-hydrogen) atoms. The Balaban J connectivity index is 2.37. The first-order valence-electron chi connectivity index (χ1n) is 7.12. The van der Waals surface area contributed by atoms with Crippen molar-refractivity contribution in [1.29, 1.82) is 0 Å². The minimum absolute atomic E-state index is 0.0181. The van der Waals surface area contributed by atoms with Gasteiger partial charge in [-0.05, 0) is 44.6 Å². The van der Waals surface area contributed by atoms with Crippen LogP contribution in [0, 0.1) is 5.92 Å². The SMILES string of the molecule is COc1ccc(C=C2C(=O)C(N(C)C)CC2C)c(OC)c1. The highest BCUT2D eigenvalue weighted by Gasteiger charge is 2.36. The molecular formula is C17H23NO3. The number of hydrogen-bond acceptors (Lipinski definition) is 4. The normalized spacial score (nSPS) is 23.9. The Morgan fingerprint density at radius 1 is 1.24 bits per heavy atom. The Morgan fingerprint density at radius 3 is 2.48 bits per heavy atom. The minimum atomic E-state index is -0.0181. The second kappa shape index (κ2) is 6.31. The van der Waals surface area contributed by atoms with Crippen molar-refractivity contribution in [1.82, 2.24) is 4.90 Å². The van der Waals surface area contributed by atoms with Crippen LogP contribution in [0.4, 0.5) is 0 Å². The van der Waals surface area contributed by atoms with E-state index in [1.807, 2.05) is 43.3 Å². The standard InChI is InChI=1S/C17H23NO3/c1-11-8-15(18(2)3)17(19)14(11)9-12-6-7-13(20-4)10-16(12)21-5/h6-7,9-11,15H,8H2,1-5H3. The molecule has 0 radical (unpaired) electrons. The number of nitrogens with zero attached hydrogens (tertiary/aromatic N) is 1. The molecule has 0 heterocycles. The van der Waals surface area contributed by atoms with Crippen molar-refractivity contribution >= 4 is 11.9 Å².